The highest BCUT2D eigenvalue weighted by Crippen LogP contribution is 2.35. The second-order valence-electron chi connectivity index (χ2n) is 5.57. The van der Waals surface area contributed by atoms with Gasteiger partial charge in [0.25, 0.3) is 5.91 Å². The zero-order valence-corrected chi connectivity index (χ0v) is 12.9. The summed E-state index contributed by atoms with van der Waals surface area (Å²) in [5.41, 5.74) is 5.81. The lowest BCUT2D eigenvalue weighted by molar-refractivity contribution is -0.143. The van der Waals surface area contributed by atoms with Gasteiger partial charge in [0, 0.05) is 19.7 Å². The molecule has 0 aromatic heterocycles. The number of ether oxygens (including phenoxy) is 1. The fourth-order valence-electron chi connectivity index (χ4n) is 2.94. The van der Waals surface area contributed by atoms with Gasteiger partial charge in [-0.1, -0.05) is 12.1 Å². The zero-order valence-electron chi connectivity index (χ0n) is 12.0. The normalized spacial score (nSPS) is 30.5. The van der Waals surface area contributed by atoms with Crippen molar-refractivity contribution >= 4 is 23.5 Å². The Bertz CT molecular complexity index is 394. The number of likely N-dealkylation sites (tertiary alicyclic amines) is 1. The van der Waals surface area contributed by atoms with E-state index in [4.69, 9.17) is 15.7 Å². The van der Waals surface area contributed by atoms with E-state index in [1.165, 1.54) is 0 Å². The minimum atomic E-state index is -0.353. The van der Waals surface area contributed by atoms with Crippen molar-refractivity contribution in [3.8, 4) is 0 Å². The summed E-state index contributed by atoms with van der Waals surface area (Å²) in [7, 11) is 0. The fourth-order valence-corrected chi connectivity index (χ4v) is 3.78. The molecule has 114 valence electrons. The first kappa shape index (κ1) is 15.4. The van der Waals surface area contributed by atoms with Gasteiger partial charge in [0.05, 0.1) is 4.75 Å². The molecule has 2 aliphatic rings. The van der Waals surface area contributed by atoms with Gasteiger partial charge in [0.1, 0.15) is 6.10 Å². The summed E-state index contributed by atoms with van der Waals surface area (Å²) < 4.78 is 5.19. The Labute approximate surface area is 123 Å². The molecule has 2 atom stereocenters. The molecule has 6 nitrogen and oxygen atoms in total. The van der Waals surface area contributed by atoms with Gasteiger partial charge >= 0.3 is 0 Å². The van der Waals surface area contributed by atoms with E-state index in [0.29, 0.717) is 38.5 Å². The minimum absolute atomic E-state index is 0.0872. The molecule has 2 heterocycles. The van der Waals surface area contributed by atoms with Crippen molar-refractivity contribution in [2.24, 2.45) is 16.8 Å². The molecule has 2 saturated heterocycles. The van der Waals surface area contributed by atoms with E-state index in [1.54, 1.807) is 11.8 Å². The Kier molecular flexibility index (Phi) is 4.80. The molecule has 0 saturated carbocycles. The molecular weight excluding hydrogens is 278 g/mol. The number of hydrogen-bond donors (Lipinski definition) is 2. The number of hydrogen-bond acceptors (Lipinski definition) is 5. The molecule has 20 heavy (non-hydrogen) atoms. The van der Waals surface area contributed by atoms with E-state index in [1.807, 2.05) is 11.2 Å². The van der Waals surface area contributed by atoms with E-state index >= 15 is 0 Å². The van der Waals surface area contributed by atoms with Gasteiger partial charge in [-0.3, -0.25) is 4.79 Å². The first-order valence-corrected chi connectivity index (χ1v) is 8.20. The molecule has 0 radical (unpaired) electrons. The summed E-state index contributed by atoms with van der Waals surface area (Å²) in [5.74, 6) is 0.630. The van der Waals surface area contributed by atoms with Crippen LogP contribution in [0.15, 0.2) is 5.16 Å². The number of nitrogens with zero attached hydrogens (tertiary/aromatic N) is 2. The number of carbonyl (C=O) groups excluding carboxylic acids is 1. The summed E-state index contributed by atoms with van der Waals surface area (Å²) in [4.78, 5) is 14.3. The van der Waals surface area contributed by atoms with Gasteiger partial charge < -0.3 is 20.6 Å². The van der Waals surface area contributed by atoms with Crippen molar-refractivity contribution < 1.29 is 14.7 Å². The monoisotopic (exact) mass is 301 g/mol. The predicted octanol–water partition coefficient (Wildman–Crippen LogP) is 0.882. The van der Waals surface area contributed by atoms with Crippen LogP contribution in [0.4, 0.5) is 0 Å². The maximum Gasteiger partial charge on any atom is 0.251 e. The van der Waals surface area contributed by atoms with Crippen molar-refractivity contribution in [1.82, 2.24) is 4.90 Å². The highest BCUT2D eigenvalue weighted by molar-refractivity contribution is 8.00. The van der Waals surface area contributed by atoms with Crippen LogP contribution >= 0.6 is 11.8 Å². The van der Waals surface area contributed by atoms with Gasteiger partial charge in [-0.15, -0.1) is 0 Å². The lowest BCUT2D eigenvalue weighted by Gasteiger charge is -2.40. The van der Waals surface area contributed by atoms with Crippen LogP contribution in [0.1, 0.15) is 26.2 Å². The van der Waals surface area contributed by atoms with Gasteiger partial charge in [-0.05, 0) is 31.4 Å². The SMILES string of the molecule is CSC1(C(N)=NO)CCN(C(=O)C2OCCC2C)CC1. The Balaban J connectivity index is 1.98. The molecule has 7 heteroatoms. The van der Waals surface area contributed by atoms with Gasteiger partial charge in [-0.2, -0.15) is 11.8 Å². The molecule has 2 aliphatic heterocycles. The number of thioether (sulfide) groups is 1. The maximum absolute atomic E-state index is 12.4. The number of amidine groups is 1. The average Bonchev–Trinajstić information content (AvgIpc) is 2.91. The topological polar surface area (TPSA) is 88.2 Å². The van der Waals surface area contributed by atoms with E-state index in [0.717, 1.165) is 6.42 Å². The van der Waals surface area contributed by atoms with E-state index in [-0.39, 0.29) is 22.6 Å². The lowest BCUT2D eigenvalue weighted by Crippen LogP contribution is -2.53. The third-order valence-corrected chi connectivity index (χ3v) is 5.88. The molecule has 0 aliphatic carbocycles. The maximum atomic E-state index is 12.4. The zero-order chi connectivity index (χ0) is 14.8. The quantitative estimate of drug-likeness (QED) is 0.350. The lowest BCUT2D eigenvalue weighted by atomic mass is 9.93. The Morgan fingerprint density at radius 2 is 2.15 bits per heavy atom. The Morgan fingerprint density at radius 3 is 2.60 bits per heavy atom. The number of oxime groups is 1. The smallest absolute Gasteiger partial charge is 0.251 e. The van der Waals surface area contributed by atoms with Crippen molar-refractivity contribution in [3.63, 3.8) is 0 Å². The molecule has 0 aromatic rings. The average molecular weight is 301 g/mol. The largest absolute Gasteiger partial charge is 0.409 e. The van der Waals surface area contributed by atoms with Gasteiger partial charge in [0.2, 0.25) is 0 Å². The van der Waals surface area contributed by atoms with Crippen LogP contribution in [0.25, 0.3) is 0 Å². The second-order valence-corrected chi connectivity index (χ2v) is 6.76. The summed E-state index contributed by atoms with van der Waals surface area (Å²) in [6, 6.07) is 0. The van der Waals surface area contributed by atoms with Crippen LogP contribution in [0, 0.1) is 5.92 Å². The summed E-state index contributed by atoms with van der Waals surface area (Å²) in [5, 5.41) is 12.1. The molecule has 0 spiro atoms. The molecule has 0 bridgehead atoms. The number of piperidine rings is 1. The Morgan fingerprint density at radius 1 is 1.50 bits per heavy atom. The summed E-state index contributed by atoms with van der Waals surface area (Å²) in [6.07, 6.45) is 4.02. The van der Waals surface area contributed by atoms with E-state index in [9.17, 15) is 4.79 Å². The number of carbonyl (C=O) groups is 1. The van der Waals surface area contributed by atoms with Crippen LogP contribution < -0.4 is 5.73 Å². The van der Waals surface area contributed by atoms with E-state index < -0.39 is 0 Å². The highest BCUT2D eigenvalue weighted by Gasteiger charge is 2.42. The molecule has 2 fully saturated rings. The van der Waals surface area contributed by atoms with Gasteiger partial charge in [0.15, 0.2) is 5.84 Å². The summed E-state index contributed by atoms with van der Waals surface area (Å²) >= 11 is 1.59. The van der Waals surface area contributed by atoms with Crippen molar-refractivity contribution in [3.05, 3.63) is 0 Å². The number of rotatable bonds is 3. The first-order valence-electron chi connectivity index (χ1n) is 6.97. The van der Waals surface area contributed by atoms with Gasteiger partial charge in [-0.25, -0.2) is 0 Å². The van der Waals surface area contributed by atoms with Crippen molar-refractivity contribution in [1.29, 1.82) is 0 Å². The molecule has 2 unspecified atom stereocenters. The van der Waals surface area contributed by atoms with Crippen LogP contribution in [-0.2, 0) is 9.53 Å². The molecule has 2 rings (SSSR count). The molecule has 3 N–H and O–H groups in total. The number of amides is 1. The van der Waals surface area contributed by atoms with Crippen LogP contribution in [0.5, 0.6) is 0 Å². The molecule has 1 amide bonds. The van der Waals surface area contributed by atoms with Crippen molar-refractivity contribution in [2.45, 2.75) is 37.0 Å². The third-order valence-electron chi connectivity index (χ3n) is 4.48. The molecule has 0 aromatic carbocycles. The number of nitrogens with two attached hydrogens (primary N) is 1. The third kappa shape index (κ3) is 2.74. The highest BCUT2D eigenvalue weighted by atomic mass is 32.2. The van der Waals surface area contributed by atoms with Crippen LogP contribution in [0.3, 0.4) is 0 Å². The fraction of sp³-hybridized carbons (Fsp3) is 0.846. The first-order chi connectivity index (χ1) is 9.54. The van der Waals surface area contributed by atoms with Crippen LogP contribution in [-0.4, -0.2) is 58.7 Å². The standard InChI is InChI=1S/C13H23N3O3S/c1-9-3-8-19-10(9)11(17)16-6-4-13(20-2,5-7-16)12(14)15-18/h9-10,18H,3-8H2,1-2H3,(H2,14,15). The van der Waals surface area contributed by atoms with Crippen LogP contribution in [0.2, 0.25) is 0 Å². The second kappa shape index (κ2) is 6.22. The van der Waals surface area contributed by atoms with E-state index in [2.05, 4.69) is 12.1 Å². The minimum Gasteiger partial charge on any atom is -0.409 e. The summed E-state index contributed by atoms with van der Waals surface area (Å²) in [6.45, 7) is 3.98. The predicted molar refractivity (Wildman–Crippen MR) is 79.0 cm³/mol. The Hall–Kier alpha value is -0.950. The molecular formula is C13H23N3O3S. The van der Waals surface area contributed by atoms with Crippen molar-refractivity contribution in [2.75, 3.05) is 26.0 Å².